The molecule has 0 aromatic heterocycles. The third-order valence-electron chi connectivity index (χ3n) is 3.76. The van der Waals surface area contributed by atoms with Crippen LogP contribution in [-0.4, -0.2) is 38.3 Å². The Hall–Kier alpha value is -3.22. The second-order valence-corrected chi connectivity index (χ2v) is 7.74. The fourth-order valence-electron chi connectivity index (χ4n) is 2.52. The number of ether oxygens (including phenoxy) is 1. The first-order valence-corrected chi connectivity index (χ1v) is 10.0. The van der Waals surface area contributed by atoms with Gasteiger partial charge < -0.3 is 9.84 Å². The molecule has 2 aromatic carbocycles. The van der Waals surface area contributed by atoms with Crippen LogP contribution in [0.5, 0.6) is 0 Å². The van der Waals surface area contributed by atoms with Gasteiger partial charge in [0.15, 0.2) is 21.2 Å². The van der Waals surface area contributed by atoms with Crippen LogP contribution in [0.15, 0.2) is 64.8 Å². The number of carboxylic acid groups (broad SMARTS) is 1. The minimum Gasteiger partial charge on any atom is -0.492 e. The van der Waals surface area contributed by atoms with Gasteiger partial charge in [-0.1, -0.05) is 24.3 Å². The van der Waals surface area contributed by atoms with Gasteiger partial charge in [0, 0.05) is 11.8 Å². The molecule has 0 aliphatic heterocycles. The van der Waals surface area contributed by atoms with Crippen LogP contribution in [0, 0.1) is 5.82 Å². The van der Waals surface area contributed by atoms with E-state index in [-0.39, 0.29) is 22.8 Å². The van der Waals surface area contributed by atoms with Crippen molar-refractivity contribution in [2.75, 3.05) is 12.9 Å². The van der Waals surface area contributed by atoms with Crippen molar-refractivity contribution in [1.29, 1.82) is 0 Å². The van der Waals surface area contributed by atoms with Gasteiger partial charge in [-0.2, -0.15) is 0 Å². The second-order valence-electron chi connectivity index (χ2n) is 5.72. The lowest BCUT2D eigenvalue weighted by Gasteiger charge is -2.16. The molecule has 8 heteroatoms. The smallest absolute Gasteiger partial charge is 0.350 e. The summed E-state index contributed by atoms with van der Waals surface area (Å²) in [6.45, 7) is 1.67. The molecule has 28 heavy (non-hydrogen) atoms. The van der Waals surface area contributed by atoms with Gasteiger partial charge in [0.2, 0.25) is 0 Å². The number of halogens is 1. The summed E-state index contributed by atoms with van der Waals surface area (Å²) >= 11 is 0. The van der Waals surface area contributed by atoms with Crippen molar-refractivity contribution in [3.05, 3.63) is 76.8 Å². The first-order valence-electron chi connectivity index (χ1n) is 8.11. The summed E-state index contributed by atoms with van der Waals surface area (Å²) in [5.74, 6) is -0.917. The van der Waals surface area contributed by atoms with Gasteiger partial charge in [-0.25, -0.2) is 22.4 Å². The van der Waals surface area contributed by atoms with Gasteiger partial charge in [0.05, 0.1) is 11.5 Å². The lowest BCUT2D eigenvalue weighted by Crippen LogP contribution is -2.11. The van der Waals surface area contributed by atoms with Gasteiger partial charge in [-0.05, 0) is 42.3 Å². The zero-order valence-corrected chi connectivity index (χ0v) is 15.9. The molecule has 2 aromatic rings. The van der Waals surface area contributed by atoms with Crippen molar-refractivity contribution < 1.29 is 32.2 Å². The SMILES string of the molecule is CCOC(C(=C=O)C(=O)O)=C(c1ccc(F)cc1)c1ccc(S(C)(=O)=O)cc1. The summed E-state index contributed by atoms with van der Waals surface area (Å²) < 4.78 is 42.2. The van der Waals surface area contributed by atoms with Crippen molar-refractivity contribution in [1.82, 2.24) is 0 Å². The highest BCUT2D eigenvalue weighted by atomic mass is 32.2. The van der Waals surface area contributed by atoms with Crippen LogP contribution < -0.4 is 0 Å². The van der Waals surface area contributed by atoms with Gasteiger partial charge >= 0.3 is 5.97 Å². The molecule has 0 bridgehead atoms. The monoisotopic (exact) mass is 404 g/mol. The standard InChI is InChI=1S/C20H17FO6S/c1-3-27-19(17(12-22)20(23)24)18(13-4-8-15(21)9-5-13)14-6-10-16(11-7-14)28(2,25)26/h4-11H,3H2,1-2H3,(H,23,24). The van der Waals surface area contributed by atoms with Crippen LogP contribution in [0.25, 0.3) is 5.57 Å². The van der Waals surface area contributed by atoms with Crippen molar-refractivity contribution >= 4 is 27.3 Å². The van der Waals surface area contributed by atoms with E-state index >= 15 is 0 Å². The predicted octanol–water partition coefficient (Wildman–Crippen LogP) is 2.87. The molecule has 0 amide bonds. The highest BCUT2D eigenvalue weighted by Gasteiger charge is 2.23. The summed E-state index contributed by atoms with van der Waals surface area (Å²) in [6.07, 6.45) is 1.06. The van der Waals surface area contributed by atoms with Crippen LogP contribution in [0.2, 0.25) is 0 Å². The summed E-state index contributed by atoms with van der Waals surface area (Å²) in [5, 5.41) is 9.35. The summed E-state index contributed by atoms with van der Waals surface area (Å²) in [7, 11) is -3.44. The lowest BCUT2D eigenvalue weighted by atomic mass is 9.94. The molecular weight excluding hydrogens is 387 g/mol. The molecule has 0 unspecified atom stereocenters. The van der Waals surface area contributed by atoms with E-state index in [9.17, 15) is 27.5 Å². The Labute approximate surface area is 161 Å². The van der Waals surface area contributed by atoms with Crippen LogP contribution in [0.3, 0.4) is 0 Å². The van der Waals surface area contributed by atoms with Crippen molar-refractivity contribution in [2.45, 2.75) is 11.8 Å². The van der Waals surface area contributed by atoms with Gasteiger partial charge in [-0.3, -0.25) is 0 Å². The van der Waals surface area contributed by atoms with Crippen molar-refractivity contribution in [3.8, 4) is 0 Å². The molecule has 0 heterocycles. The maximum atomic E-state index is 13.4. The maximum Gasteiger partial charge on any atom is 0.350 e. The van der Waals surface area contributed by atoms with Crippen LogP contribution in [-0.2, 0) is 24.2 Å². The Balaban J connectivity index is 2.83. The number of carbonyl (C=O) groups is 1. The number of benzene rings is 2. The number of carbonyl (C=O) groups excluding carboxylic acids is 1. The molecule has 0 aliphatic carbocycles. The minimum absolute atomic E-state index is 0.0555. The van der Waals surface area contributed by atoms with Crippen molar-refractivity contribution in [3.63, 3.8) is 0 Å². The van der Waals surface area contributed by atoms with E-state index in [1.807, 2.05) is 0 Å². The number of hydrogen-bond donors (Lipinski definition) is 1. The normalized spacial score (nSPS) is 12.0. The van der Waals surface area contributed by atoms with Gasteiger partial charge in [0.1, 0.15) is 11.8 Å². The largest absolute Gasteiger partial charge is 0.492 e. The molecule has 0 atom stereocenters. The third kappa shape index (κ3) is 4.73. The van der Waals surface area contributed by atoms with E-state index < -0.39 is 27.2 Å². The quantitative estimate of drug-likeness (QED) is 0.330. The fraction of sp³-hybridized carbons (Fsp3) is 0.150. The third-order valence-corrected chi connectivity index (χ3v) is 4.89. The lowest BCUT2D eigenvalue weighted by molar-refractivity contribution is -0.132. The summed E-state index contributed by atoms with van der Waals surface area (Å²) in [6, 6.07) is 10.8. The molecule has 1 N–H and O–H groups in total. The molecule has 0 saturated carbocycles. The predicted molar refractivity (Wildman–Crippen MR) is 100 cm³/mol. The average molecular weight is 404 g/mol. The molecule has 0 spiro atoms. The van der Waals surface area contributed by atoms with E-state index in [2.05, 4.69) is 0 Å². The number of carboxylic acids is 1. The summed E-state index contributed by atoms with van der Waals surface area (Å²) in [4.78, 5) is 22.8. The minimum atomic E-state index is -3.44. The molecule has 0 aliphatic rings. The molecule has 6 nitrogen and oxygen atoms in total. The van der Waals surface area contributed by atoms with Crippen LogP contribution in [0.4, 0.5) is 4.39 Å². The zero-order chi connectivity index (χ0) is 20.9. The Kier molecular flexibility index (Phi) is 6.51. The molecule has 146 valence electrons. The number of aliphatic carboxylic acids is 1. The summed E-state index contributed by atoms with van der Waals surface area (Å²) in [5.41, 5.74) is 0.235. The number of hydrogen-bond acceptors (Lipinski definition) is 5. The van der Waals surface area contributed by atoms with Crippen LogP contribution in [0.1, 0.15) is 18.1 Å². The number of rotatable bonds is 7. The Morgan fingerprint density at radius 3 is 1.96 bits per heavy atom. The highest BCUT2D eigenvalue weighted by Crippen LogP contribution is 2.31. The van der Waals surface area contributed by atoms with Crippen LogP contribution >= 0.6 is 0 Å². The Morgan fingerprint density at radius 2 is 1.57 bits per heavy atom. The Morgan fingerprint density at radius 1 is 1.07 bits per heavy atom. The first-order chi connectivity index (χ1) is 13.2. The van der Waals surface area contributed by atoms with E-state index in [4.69, 9.17) is 4.74 Å². The maximum absolute atomic E-state index is 13.4. The van der Waals surface area contributed by atoms with E-state index in [0.717, 1.165) is 6.26 Å². The first kappa shape index (κ1) is 21.1. The molecule has 0 radical (unpaired) electrons. The average Bonchev–Trinajstić information content (AvgIpc) is 2.63. The van der Waals surface area contributed by atoms with Crippen molar-refractivity contribution in [2.24, 2.45) is 0 Å². The molecule has 0 saturated heterocycles. The van der Waals surface area contributed by atoms with E-state index in [1.54, 1.807) is 6.92 Å². The molecule has 2 rings (SSSR count). The molecular formula is C20H17FO6S. The molecule has 0 fully saturated rings. The van der Waals surface area contributed by atoms with E-state index in [1.165, 1.54) is 54.5 Å². The topological polar surface area (TPSA) is 97.7 Å². The van der Waals surface area contributed by atoms with Gasteiger partial charge in [0.25, 0.3) is 0 Å². The number of sulfone groups is 1. The zero-order valence-electron chi connectivity index (χ0n) is 15.1. The highest BCUT2D eigenvalue weighted by molar-refractivity contribution is 7.90. The fourth-order valence-corrected chi connectivity index (χ4v) is 3.15. The van der Waals surface area contributed by atoms with E-state index in [0.29, 0.717) is 11.1 Å². The van der Waals surface area contributed by atoms with Gasteiger partial charge in [-0.15, -0.1) is 0 Å². The second kappa shape index (κ2) is 8.65. The Bertz CT molecular complexity index is 1060.